The van der Waals surface area contributed by atoms with Gasteiger partial charge in [-0.15, -0.1) is 0 Å². The Morgan fingerprint density at radius 1 is 1.00 bits per heavy atom. The number of ether oxygens (including phenoxy) is 1. The molecule has 0 aliphatic heterocycles. The summed E-state index contributed by atoms with van der Waals surface area (Å²) in [5, 5.41) is 24.3. The van der Waals surface area contributed by atoms with E-state index in [1.807, 2.05) is 0 Å². The maximum absolute atomic E-state index is 12.2. The number of nitro benzene ring substituents is 2. The van der Waals surface area contributed by atoms with Gasteiger partial charge in [0, 0.05) is 17.7 Å². The molecule has 1 N–H and O–H groups in total. The molecule has 0 heterocycles. The number of para-hydroxylation sites is 2. The van der Waals surface area contributed by atoms with Crippen LogP contribution in [0.25, 0.3) is 0 Å². The number of hydrogen-bond acceptors (Lipinski definition) is 7. The van der Waals surface area contributed by atoms with Crippen molar-refractivity contribution >= 4 is 28.9 Å². The Hall–Kier alpha value is -3.82. The Labute approximate surface area is 153 Å². The number of benzene rings is 2. The summed E-state index contributed by atoms with van der Waals surface area (Å²) in [7, 11) is 0. The molecular formula is C17H15N3O7. The second kappa shape index (κ2) is 8.04. The molecule has 0 radical (unpaired) electrons. The fourth-order valence-corrected chi connectivity index (χ4v) is 2.29. The Kier molecular flexibility index (Phi) is 5.81. The zero-order valence-corrected chi connectivity index (χ0v) is 14.4. The number of nitrogens with one attached hydrogen (secondary N) is 1. The number of amides is 1. The average Bonchev–Trinajstić information content (AvgIpc) is 2.61. The van der Waals surface area contributed by atoms with Crippen LogP contribution < -0.4 is 5.32 Å². The Balaban J connectivity index is 2.13. The van der Waals surface area contributed by atoms with E-state index in [-0.39, 0.29) is 28.2 Å². The second-order valence-electron chi connectivity index (χ2n) is 5.52. The van der Waals surface area contributed by atoms with Crippen LogP contribution in [0.4, 0.5) is 17.1 Å². The van der Waals surface area contributed by atoms with Crippen molar-refractivity contribution in [1.82, 2.24) is 0 Å². The molecule has 0 spiro atoms. The van der Waals surface area contributed by atoms with Gasteiger partial charge in [0.15, 0.2) is 6.10 Å². The lowest BCUT2D eigenvalue weighted by atomic mass is 10.1. The van der Waals surface area contributed by atoms with Gasteiger partial charge in [-0.25, -0.2) is 4.79 Å². The van der Waals surface area contributed by atoms with Gasteiger partial charge in [-0.3, -0.25) is 25.0 Å². The molecule has 10 nitrogen and oxygen atoms in total. The largest absolute Gasteiger partial charge is 0.449 e. The van der Waals surface area contributed by atoms with Crippen molar-refractivity contribution in [2.45, 2.75) is 20.0 Å². The molecule has 0 saturated carbocycles. The molecule has 2 aromatic carbocycles. The van der Waals surface area contributed by atoms with Crippen LogP contribution in [0.1, 0.15) is 22.8 Å². The highest BCUT2D eigenvalue weighted by Gasteiger charge is 2.24. The zero-order valence-electron chi connectivity index (χ0n) is 14.4. The molecule has 0 aliphatic rings. The molecule has 2 rings (SSSR count). The number of carbonyl (C=O) groups is 2. The molecule has 1 atom stereocenters. The fraction of sp³-hybridized carbons (Fsp3) is 0.176. The number of esters is 1. The van der Waals surface area contributed by atoms with Gasteiger partial charge in [-0.1, -0.05) is 18.2 Å². The summed E-state index contributed by atoms with van der Waals surface area (Å²) in [5.74, 6) is -1.69. The summed E-state index contributed by atoms with van der Waals surface area (Å²) in [6.07, 6.45) is -1.28. The van der Waals surface area contributed by atoms with Gasteiger partial charge >= 0.3 is 5.97 Å². The first kappa shape index (κ1) is 19.5. The van der Waals surface area contributed by atoms with Crippen molar-refractivity contribution in [2.24, 2.45) is 0 Å². The van der Waals surface area contributed by atoms with Crippen molar-refractivity contribution < 1.29 is 24.2 Å². The predicted molar refractivity (Wildman–Crippen MR) is 94.4 cm³/mol. The maximum Gasteiger partial charge on any atom is 0.339 e. The van der Waals surface area contributed by atoms with E-state index in [4.69, 9.17) is 4.74 Å². The molecule has 0 aromatic heterocycles. The van der Waals surface area contributed by atoms with Gasteiger partial charge in [-0.05, 0) is 26.0 Å². The molecular weight excluding hydrogens is 358 g/mol. The van der Waals surface area contributed by atoms with Crippen LogP contribution in [-0.2, 0) is 9.53 Å². The van der Waals surface area contributed by atoms with Gasteiger partial charge in [0.2, 0.25) is 0 Å². The predicted octanol–water partition coefficient (Wildman–Crippen LogP) is 3.00. The highest BCUT2D eigenvalue weighted by Crippen LogP contribution is 2.24. The van der Waals surface area contributed by atoms with Crippen LogP contribution in [-0.4, -0.2) is 27.8 Å². The van der Waals surface area contributed by atoms with E-state index >= 15 is 0 Å². The minimum atomic E-state index is -1.28. The molecule has 1 amide bonds. The molecule has 0 fully saturated rings. The Bertz CT molecular complexity index is 926. The standard InChI is InChI=1S/C17H15N3O7/c1-10-12(6-5-9-14(10)19(23)24)17(22)27-11(2)16(21)18-13-7-3-4-8-15(13)20(25)26/h3-9,11H,1-2H3,(H,18,21)/t11-/m0/s1. The molecule has 0 saturated heterocycles. The first-order valence-electron chi connectivity index (χ1n) is 7.71. The van der Waals surface area contributed by atoms with Crippen LogP contribution in [0, 0.1) is 27.2 Å². The monoisotopic (exact) mass is 373 g/mol. The lowest BCUT2D eigenvalue weighted by Crippen LogP contribution is -2.30. The number of anilines is 1. The van der Waals surface area contributed by atoms with E-state index < -0.39 is 27.8 Å². The molecule has 0 aliphatic carbocycles. The van der Waals surface area contributed by atoms with Crippen molar-refractivity contribution in [2.75, 3.05) is 5.32 Å². The van der Waals surface area contributed by atoms with Crippen LogP contribution in [0.2, 0.25) is 0 Å². The lowest BCUT2D eigenvalue weighted by molar-refractivity contribution is -0.385. The van der Waals surface area contributed by atoms with E-state index in [9.17, 15) is 29.8 Å². The minimum Gasteiger partial charge on any atom is -0.449 e. The maximum atomic E-state index is 12.2. The zero-order chi connectivity index (χ0) is 20.1. The highest BCUT2D eigenvalue weighted by molar-refractivity contribution is 5.99. The summed E-state index contributed by atoms with van der Waals surface area (Å²) in [5.41, 5.74) is -0.532. The molecule has 140 valence electrons. The van der Waals surface area contributed by atoms with Gasteiger partial charge in [0.25, 0.3) is 17.3 Å². The van der Waals surface area contributed by atoms with Crippen LogP contribution >= 0.6 is 0 Å². The summed E-state index contributed by atoms with van der Waals surface area (Å²) >= 11 is 0. The van der Waals surface area contributed by atoms with Crippen LogP contribution in [0.15, 0.2) is 42.5 Å². The third-order valence-electron chi connectivity index (χ3n) is 3.73. The van der Waals surface area contributed by atoms with Crippen molar-refractivity contribution in [1.29, 1.82) is 0 Å². The molecule has 10 heteroatoms. The van der Waals surface area contributed by atoms with E-state index in [2.05, 4.69) is 5.32 Å². The average molecular weight is 373 g/mol. The molecule has 2 aromatic rings. The fourth-order valence-electron chi connectivity index (χ4n) is 2.29. The Morgan fingerprint density at radius 3 is 2.22 bits per heavy atom. The summed E-state index contributed by atoms with van der Waals surface area (Å²) < 4.78 is 5.04. The number of rotatable bonds is 6. The van der Waals surface area contributed by atoms with Gasteiger partial charge in [0.05, 0.1) is 15.4 Å². The molecule has 0 unspecified atom stereocenters. The summed E-state index contributed by atoms with van der Waals surface area (Å²) in [6.45, 7) is 2.68. The Morgan fingerprint density at radius 2 is 1.59 bits per heavy atom. The van der Waals surface area contributed by atoms with Crippen molar-refractivity contribution in [3.8, 4) is 0 Å². The van der Waals surface area contributed by atoms with E-state index in [1.165, 1.54) is 56.3 Å². The number of nitrogens with zero attached hydrogens (tertiary/aromatic N) is 2. The summed E-state index contributed by atoms with van der Waals surface area (Å²) in [6, 6.07) is 9.44. The van der Waals surface area contributed by atoms with Crippen molar-refractivity contribution in [3.05, 3.63) is 73.8 Å². The highest BCUT2D eigenvalue weighted by atomic mass is 16.6. The van der Waals surface area contributed by atoms with Crippen LogP contribution in [0.5, 0.6) is 0 Å². The van der Waals surface area contributed by atoms with E-state index in [0.29, 0.717) is 0 Å². The van der Waals surface area contributed by atoms with Gasteiger partial charge in [-0.2, -0.15) is 0 Å². The smallest absolute Gasteiger partial charge is 0.339 e. The first-order valence-corrected chi connectivity index (χ1v) is 7.71. The molecule has 27 heavy (non-hydrogen) atoms. The van der Waals surface area contributed by atoms with E-state index in [1.54, 1.807) is 0 Å². The normalized spacial score (nSPS) is 11.3. The minimum absolute atomic E-state index is 0.0399. The SMILES string of the molecule is Cc1c(C(=O)O[C@@H](C)C(=O)Nc2ccccc2[N+](=O)[O-])cccc1[N+](=O)[O-]. The first-order chi connectivity index (χ1) is 12.7. The van der Waals surface area contributed by atoms with Gasteiger partial charge in [0.1, 0.15) is 5.69 Å². The lowest BCUT2D eigenvalue weighted by Gasteiger charge is -2.14. The van der Waals surface area contributed by atoms with E-state index in [0.717, 1.165) is 0 Å². The number of carbonyl (C=O) groups excluding carboxylic acids is 2. The second-order valence-corrected chi connectivity index (χ2v) is 5.52. The summed E-state index contributed by atoms with van der Waals surface area (Å²) in [4.78, 5) is 45.1. The molecule has 0 bridgehead atoms. The number of hydrogen-bond donors (Lipinski definition) is 1. The van der Waals surface area contributed by atoms with Crippen molar-refractivity contribution in [3.63, 3.8) is 0 Å². The third-order valence-corrected chi connectivity index (χ3v) is 3.73. The van der Waals surface area contributed by atoms with Crippen LogP contribution in [0.3, 0.4) is 0 Å². The van der Waals surface area contributed by atoms with Gasteiger partial charge < -0.3 is 10.1 Å². The third kappa shape index (κ3) is 4.42. The quantitative estimate of drug-likeness (QED) is 0.466. The number of nitro groups is 2. The topological polar surface area (TPSA) is 142 Å².